The molecule has 0 aromatic carbocycles. The average Bonchev–Trinajstić information content (AvgIpc) is 2.30. The Labute approximate surface area is 108 Å². The van der Waals surface area contributed by atoms with Crippen LogP contribution in [0, 0.1) is 5.92 Å². The highest BCUT2D eigenvalue weighted by molar-refractivity contribution is 4.77. The Balaban J connectivity index is 3.85. The molecule has 0 radical (unpaired) electrons. The standard InChI is InChI=1S/C15H33NO/c1-5-8-9-14(7-3)13-15(4,17)10-12-16-11-6-2/h14,16-17H,5-13H2,1-4H3. The Kier molecular flexibility index (Phi) is 9.85. The van der Waals surface area contributed by atoms with Crippen molar-refractivity contribution in [3.8, 4) is 0 Å². The molecule has 0 saturated carbocycles. The van der Waals surface area contributed by atoms with Crippen LogP contribution >= 0.6 is 0 Å². The van der Waals surface area contributed by atoms with E-state index in [2.05, 4.69) is 26.1 Å². The van der Waals surface area contributed by atoms with E-state index in [1.165, 1.54) is 25.7 Å². The molecule has 2 N–H and O–H groups in total. The third-order valence-electron chi connectivity index (χ3n) is 3.54. The van der Waals surface area contributed by atoms with Crippen LogP contribution in [0.2, 0.25) is 0 Å². The van der Waals surface area contributed by atoms with Crippen LogP contribution in [0.4, 0.5) is 0 Å². The smallest absolute Gasteiger partial charge is 0.0634 e. The first-order valence-corrected chi connectivity index (χ1v) is 7.48. The summed E-state index contributed by atoms with van der Waals surface area (Å²) in [5.41, 5.74) is -0.491. The molecular formula is C15H33NO. The lowest BCUT2D eigenvalue weighted by Crippen LogP contribution is -2.32. The van der Waals surface area contributed by atoms with Gasteiger partial charge < -0.3 is 10.4 Å². The normalized spacial score (nSPS) is 16.8. The highest BCUT2D eigenvalue weighted by Gasteiger charge is 2.23. The number of nitrogens with one attached hydrogen (secondary N) is 1. The minimum Gasteiger partial charge on any atom is -0.390 e. The van der Waals surface area contributed by atoms with E-state index in [9.17, 15) is 5.11 Å². The van der Waals surface area contributed by atoms with Crippen LogP contribution in [0.5, 0.6) is 0 Å². The van der Waals surface area contributed by atoms with Crippen LogP contribution in [0.15, 0.2) is 0 Å². The molecule has 0 aliphatic carbocycles. The van der Waals surface area contributed by atoms with Crippen molar-refractivity contribution in [1.29, 1.82) is 0 Å². The fraction of sp³-hybridized carbons (Fsp3) is 1.00. The fourth-order valence-electron chi connectivity index (χ4n) is 2.33. The monoisotopic (exact) mass is 243 g/mol. The Hall–Kier alpha value is -0.0800. The molecule has 0 aromatic heterocycles. The molecule has 2 unspecified atom stereocenters. The third-order valence-corrected chi connectivity index (χ3v) is 3.54. The van der Waals surface area contributed by atoms with E-state index in [-0.39, 0.29) is 0 Å². The van der Waals surface area contributed by atoms with Gasteiger partial charge in [-0.3, -0.25) is 0 Å². The molecule has 0 saturated heterocycles. The van der Waals surface area contributed by atoms with Crippen molar-refractivity contribution in [3.05, 3.63) is 0 Å². The minimum absolute atomic E-state index is 0.491. The van der Waals surface area contributed by atoms with Gasteiger partial charge in [0, 0.05) is 0 Å². The maximum atomic E-state index is 10.4. The molecule has 104 valence electrons. The van der Waals surface area contributed by atoms with E-state index in [1.54, 1.807) is 0 Å². The van der Waals surface area contributed by atoms with E-state index in [0.717, 1.165) is 32.4 Å². The molecule has 0 heterocycles. The summed E-state index contributed by atoms with van der Waals surface area (Å²) in [5.74, 6) is 0.691. The lowest BCUT2D eigenvalue weighted by atomic mass is 9.85. The highest BCUT2D eigenvalue weighted by atomic mass is 16.3. The Morgan fingerprint density at radius 2 is 1.82 bits per heavy atom. The molecule has 2 nitrogen and oxygen atoms in total. The Bertz CT molecular complexity index is 168. The van der Waals surface area contributed by atoms with Crippen LogP contribution in [0.3, 0.4) is 0 Å². The molecule has 2 atom stereocenters. The molecule has 0 spiro atoms. The fourth-order valence-corrected chi connectivity index (χ4v) is 2.33. The number of hydrogen-bond donors (Lipinski definition) is 2. The van der Waals surface area contributed by atoms with Crippen molar-refractivity contribution in [3.63, 3.8) is 0 Å². The zero-order valence-electron chi connectivity index (χ0n) is 12.4. The van der Waals surface area contributed by atoms with Crippen molar-refractivity contribution in [2.45, 2.75) is 78.2 Å². The van der Waals surface area contributed by atoms with Gasteiger partial charge in [0.15, 0.2) is 0 Å². The summed E-state index contributed by atoms with van der Waals surface area (Å²) in [6, 6.07) is 0. The Morgan fingerprint density at radius 3 is 2.35 bits per heavy atom. The van der Waals surface area contributed by atoms with Gasteiger partial charge in [0.25, 0.3) is 0 Å². The Morgan fingerprint density at radius 1 is 1.12 bits per heavy atom. The number of hydrogen-bond acceptors (Lipinski definition) is 2. The lowest BCUT2D eigenvalue weighted by Gasteiger charge is -2.28. The maximum absolute atomic E-state index is 10.4. The van der Waals surface area contributed by atoms with Gasteiger partial charge >= 0.3 is 0 Å². The summed E-state index contributed by atoms with van der Waals surface area (Å²) in [7, 11) is 0. The molecule has 0 aliphatic heterocycles. The van der Waals surface area contributed by atoms with Crippen LogP contribution < -0.4 is 5.32 Å². The van der Waals surface area contributed by atoms with Crippen molar-refractivity contribution in [1.82, 2.24) is 5.32 Å². The number of aliphatic hydroxyl groups is 1. The molecule has 0 aromatic rings. The molecule has 0 amide bonds. The first-order valence-electron chi connectivity index (χ1n) is 7.48. The van der Waals surface area contributed by atoms with Gasteiger partial charge in [0.05, 0.1) is 5.60 Å². The summed E-state index contributed by atoms with van der Waals surface area (Å²) in [5, 5.41) is 13.7. The van der Waals surface area contributed by atoms with Gasteiger partial charge in [-0.25, -0.2) is 0 Å². The number of unbranched alkanes of at least 4 members (excludes halogenated alkanes) is 1. The van der Waals surface area contributed by atoms with Crippen LogP contribution in [-0.4, -0.2) is 23.8 Å². The highest BCUT2D eigenvalue weighted by Crippen LogP contribution is 2.26. The number of rotatable bonds is 11. The van der Waals surface area contributed by atoms with E-state index >= 15 is 0 Å². The van der Waals surface area contributed by atoms with Gasteiger partial charge in [0.1, 0.15) is 0 Å². The van der Waals surface area contributed by atoms with E-state index in [1.807, 2.05) is 6.92 Å². The second-order valence-electron chi connectivity index (χ2n) is 5.62. The second-order valence-corrected chi connectivity index (χ2v) is 5.62. The van der Waals surface area contributed by atoms with Gasteiger partial charge in [-0.2, -0.15) is 0 Å². The van der Waals surface area contributed by atoms with Crippen molar-refractivity contribution in [2.24, 2.45) is 5.92 Å². The first-order chi connectivity index (χ1) is 8.05. The maximum Gasteiger partial charge on any atom is 0.0634 e. The van der Waals surface area contributed by atoms with Gasteiger partial charge in [0.2, 0.25) is 0 Å². The van der Waals surface area contributed by atoms with Gasteiger partial charge in [-0.1, -0.05) is 46.5 Å². The first kappa shape index (κ1) is 16.9. The van der Waals surface area contributed by atoms with Crippen LogP contribution in [0.25, 0.3) is 0 Å². The SMILES string of the molecule is CCCCC(CC)CC(C)(O)CCNCCC. The van der Waals surface area contributed by atoms with Gasteiger partial charge in [-0.15, -0.1) is 0 Å². The molecule has 0 aliphatic rings. The minimum atomic E-state index is -0.491. The second kappa shape index (κ2) is 9.90. The molecule has 0 bridgehead atoms. The predicted molar refractivity (Wildman–Crippen MR) is 76.3 cm³/mol. The molecule has 2 heteroatoms. The molecular weight excluding hydrogens is 210 g/mol. The quantitative estimate of drug-likeness (QED) is 0.542. The summed E-state index contributed by atoms with van der Waals surface area (Å²) >= 11 is 0. The predicted octanol–water partition coefficient (Wildman–Crippen LogP) is 3.73. The summed E-state index contributed by atoms with van der Waals surface area (Å²) in [4.78, 5) is 0. The summed E-state index contributed by atoms with van der Waals surface area (Å²) in [6.07, 6.45) is 8.01. The zero-order chi connectivity index (χ0) is 13.1. The summed E-state index contributed by atoms with van der Waals surface area (Å²) in [6.45, 7) is 10.6. The zero-order valence-corrected chi connectivity index (χ0v) is 12.4. The van der Waals surface area contributed by atoms with Crippen molar-refractivity contribution >= 4 is 0 Å². The van der Waals surface area contributed by atoms with E-state index in [0.29, 0.717) is 5.92 Å². The van der Waals surface area contributed by atoms with Crippen molar-refractivity contribution < 1.29 is 5.11 Å². The van der Waals surface area contributed by atoms with Crippen molar-refractivity contribution in [2.75, 3.05) is 13.1 Å². The topological polar surface area (TPSA) is 32.3 Å². The van der Waals surface area contributed by atoms with Crippen LogP contribution in [0.1, 0.15) is 72.6 Å². The van der Waals surface area contributed by atoms with Crippen LogP contribution in [-0.2, 0) is 0 Å². The average molecular weight is 243 g/mol. The van der Waals surface area contributed by atoms with E-state index in [4.69, 9.17) is 0 Å². The molecule has 0 rings (SSSR count). The largest absolute Gasteiger partial charge is 0.390 e. The third kappa shape index (κ3) is 9.61. The summed E-state index contributed by atoms with van der Waals surface area (Å²) < 4.78 is 0. The molecule has 17 heavy (non-hydrogen) atoms. The lowest BCUT2D eigenvalue weighted by molar-refractivity contribution is 0.0235. The van der Waals surface area contributed by atoms with Gasteiger partial charge in [-0.05, 0) is 45.2 Å². The van der Waals surface area contributed by atoms with E-state index < -0.39 is 5.60 Å². The molecule has 0 fully saturated rings.